The Morgan fingerprint density at radius 3 is 2.22 bits per heavy atom. The molecule has 90 valence electrons. The monoisotopic (exact) mass is 295 g/mol. The fourth-order valence-electron chi connectivity index (χ4n) is 1.32. The first kappa shape index (κ1) is 13.1. The third-order valence-electron chi connectivity index (χ3n) is 2.14. The molecule has 0 N–H and O–H groups in total. The molecule has 0 aliphatic heterocycles. The van der Waals surface area contributed by atoms with Gasteiger partial charge in [-0.25, -0.2) is 0 Å². The number of hydrogen-bond acceptors (Lipinski definition) is 3. The van der Waals surface area contributed by atoms with Gasteiger partial charge in [-0.05, 0) is 48.6 Å². The van der Waals surface area contributed by atoms with Crippen LogP contribution in [0, 0.1) is 0 Å². The van der Waals surface area contributed by atoms with Crippen LogP contribution in [-0.2, 0) is 0 Å². The van der Waals surface area contributed by atoms with Crippen molar-refractivity contribution in [2.75, 3.05) is 0 Å². The Balaban J connectivity index is 2.18. The molecule has 0 bridgehead atoms. The number of aliphatic imine (C=N–C) groups is 1. The highest BCUT2D eigenvalue weighted by Crippen LogP contribution is 2.30. The molecule has 2 rings (SSSR count). The van der Waals surface area contributed by atoms with Crippen molar-refractivity contribution in [1.82, 2.24) is 0 Å². The van der Waals surface area contributed by atoms with E-state index >= 15 is 0 Å². The van der Waals surface area contributed by atoms with Gasteiger partial charge in [-0.2, -0.15) is 4.99 Å². The van der Waals surface area contributed by atoms with E-state index in [-0.39, 0.29) is 0 Å². The highest BCUT2D eigenvalue weighted by molar-refractivity contribution is 7.78. The van der Waals surface area contributed by atoms with Crippen LogP contribution in [0.15, 0.2) is 47.5 Å². The Hall–Kier alpha value is -1.38. The van der Waals surface area contributed by atoms with E-state index in [2.05, 4.69) is 22.4 Å². The van der Waals surface area contributed by atoms with Crippen molar-refractivity contribution in [3.05, 3.63) is 52.5 Å². The summed E-state index contributed by atoms with van der Waals surface area (Å²) in [5.74, 6) is 1.30. The average molecular weight is 296 g/mol. The van der Waals surface area contributed by atoms with Crippen LogP contribution in [-0.4, -0.2) is 5.16 Å². The Morgan fingerprint density at radius 2 is 1.61 bits per heavy atom. The second-order valence-corrected chi connectivity index (χ2v) is 4.37. The molecule has 0 aliphatic carbocycles. The Kier molecular flexibility index (Phi) is 4.34. The lowest BCUT2D eigenvalue weighted by Crippen LogP contribution is -1.83. The van der Waals surface area contributed by atoms with Gasteiger partial charge in [0.05, 0.1) is 20.9 Å². The number of isothiocyanates is 1. The number of hydrogen-bond donors (Lipinski definition) is 0. The number of benzene rings is 2. The third kappa shape index (κ3) is 3.31. The maximum Gasteiger partial charge on any atom is 0.129 e. The van der Waals surface area contributed by atoms with E-state index in [4.69, 9.17) is 27.9 Å². The maximum atomic E-state index is 5.90. The van der Waals surface area contributed by atoms with Crippen LogP contribution in [0.25, 0.3) is 0 Å². The van der Waals surface area contributed by atoms with Crippen molar-refractivity contribution < 1.29 is 4.74 Å². The summed E-state index contributed by atoms with van der Waals surface area (Å²) in [6.45, 7) is 0. The van der Waals surface area contributed by atoms with Crippen molar-refractivity contribution in [3.8, 4) is 11.5 Å². The zero-order chi connectivity index (χ0) is 13.0. The van der Waals surface area contributed by atoms with E-state index in [1.807, 2.05) is 0 Å². The van der Waals surface area contributed by atoms with Crippen molar-refractivity contribution >= 4 is 46.3 Å². The van der Waals surface area contributed by atoms with Gasteiger partial charge in [-0.15, -0.1) is 0 Å². The Labute approximate surface area is 120 Å². The smallest absolute Gasteiger partial charge is 0.129 e. The first-order valence-corrected chi connectivity index (χ1v) is 6.16. The quantitative estimate of drug-likeness (QED) is 0.549. The van der Waals surface area contributed by atoms with Crippen molar-refractivity contribution in [3.63, 3.8) is 0 Å². The molecule has 18 heavy (non-hydrogen) atoms. The minimum atomic E-state index is 0.455. The summed E-state index contributed by atoms with van der Waals surface area (Å²) in [5.41, 5.74) is 0.728. The summed E-state index contributed by atoms with van der Waals surface area (Å²) in [6, 6.07) is 12.2. The SMILES string of the molecule is S=C=Nc1ccc(Oc2ccc(Cl)c(Cl)c2)cc1. The van der Waals surface area contributed by atoms with Crippen molar-refractivity contribution in [2.24, 2.45) is 4.99 Å². The van der Waals surface area contributed by atoms with Crippen LogP contribution in [0.4, 0.5) is 5.69 Å². The number of nitrogens with zero attached hydrogens (tertiary/aromatic N) is 1. The molecule has 0 aromatic heterocycles. The maximum absolute atomic E-state index is 5.90. The zero-order valence-corrected chi connectivity index (χ0v) is 11.4. The first-order valence-electron chi connectivity index (χ1n) is 5.00. The highest BCUT2D eigenvalue weighted by atomic mass is 35.5. The summed E-state index contributed by atoms with van der Waals surface area (Å²) < 4.78 is 5.62. The molecule has 0 saturated heterocycles. The van der Waals surface area contributed by atoms with E-state index in [9.17, 15) is 0 Å². The van der Waals surface area contributed by atoms with Crippen LogP contribution in [0.3, 0.4) is 0 Å². The second kappa shape index (κ2) is 5.98. The largest absolute Gasteiger partial charge is 0.457 e. The van der Waals surface area contributed by atoms with Gasteiger partial charge in [0.15, 0.2) is 0 Å². The average Bonchev–Trinajstić information content (AvgIpc) is 2.37. The van der Waals surface area contributed by atoms with Gasteiger partial charge in [-0.3, -0.25) is 0 Å². The summed E-state index contributed by atoms with van der Waals surface area (Å²) in [4.78, 5) is 3.85. The number of ether oxygens (including phenoxy) is 1. The van der Waals surface area contributed by atoms with E-state index < -0.39 is 0 Å². The molecule has 0 aliphatic rings. The summed E-state index contributed by atoms with van der Waals surface area (Å²) in [6.07, 6.45) is 0. The lowest BCUT2D eigenvalue weighted by molar-refractivity contribution is 0.483. The van der Waals surface area contributed by atoms with E-state index in [0.717, 1.165) is 5.69 Å². The molecule has 0 spiro atoms. The molecule has 0 fully saturated rings. The molecule has 0 saturated carbocycles. The molecular weight excluding hydrogens is 289 g/mol. The van der Waals surface area contributed by atoms with Crippen LogP contribution in [0.1, 0.15) is 0 Å². The number of thiocarbonyl (C=S) groups is 1. The van der Waals surface area contributed by atoms with Gasteiger partial charge < -0.3 is 4.74 Å². The van der Waals surface area contributed by atoms with Gasteiger partial charge in [-0.1, -0.05) is 23.2 Å². The summed E-state index contributed by atoms with van der Waals surface area (Å²) in [7, 11) is 0. The number of rotatable bonds is 3. The molecule has 2 nitrogen and oxygen atoms in total. The fraction of sp³-hybridized carbons (Fsp3) is 0. The standard InChI is InChI=1S/C13H7Cl2NOS/c14-12-6-5-11(7-13(12)15)17-10-3-1-9(2-4-10)16-8-18/h1-7H. The van der Waals surface area contributed by atoms with Gasteiger partial charge in [0.1, 0.15) is 11.5 Å². The van der Waals surface area contributed by atoms with Crippen LogP contribution < -0.4 is 4.74 Å². The third-order valence-corrected chi connectivity index (χ3v) is 2.97. The van der Waals surface area contributed by atoms with E-state index in [1.165, 1.54) is 0 Å². The Bertz CT molecular complexity index is 607. The molecule has 0 atom stereocenters. The molecule has 0 unspecified atom stereocenters. The molecule has 5 heteroatoms. The minimum absolute atomic E-state index is 0.455. The van der Waals surface area contributed by atoms with E-state index in [0.29, 0.717) is 21.5 Å². The van der Waals surface area contributed by atoms with Crippen molar-refractivity contribution in [2.45, 2.75) is 0 Å². The lowest BCUT2D eigenvalue weighted by atomic mass is 10.3. The summed E-state index contributed by atoms with van der Waals surface area (Å²) >= 11 is 16.2. The van der Waals surface area contributed by atoms with E-state index in [1.54, 1.807) is 42.5 Å². The predicted molar refractivity (Wildman–Crippen MR) is 77.7 cm³/mol. The lowest BCUT2D eigenvalue weighted by Gasteiger charge is -2.06. The molecule has 2 aromatic carbocycles. The Morgan fingerprint density at radius 1 is 0.944 bits per heavy atom. The van der Waals surface area contributed by atoms with Gasteiger partial charge in [0, 0.05) is 6.07 Å². The topological polar surface area (TPSA) is 21.6 Å². The van der Waals surface area contributed by atoms with Crippen LogP contribution in [0.5, 0.6) is 11.5 Å². The molecule has 0 heterocycles. The number of halogens is 2. The van der Waals surface area contributed by atoms with Gasteiger partial charge >= 0.3 is 0 Å². The first-order chi connectivity index (χ1) is 8.69. The van der Waals surface area contributed by atoms with Gasteiger partial charge in [0.2, 0.25) is 0 Å². The molecular formula is C13H7Cl2NOS. The zero-order valence-electron chi connectivity index (χ0n) is 9.06. The van der Waals surface area contributed by atoms with Crippen LogP contribution >= 0.6 is 35.4 Å². The normalized spacial score (nSPS) is 9.67. The predicted octanol–water partition coefficient (Wildman–Crippen LogP) is 5.52. The van der Waals surface area contributed by atoms with Gasteiger partial charge in [0.25, 0.3) is 0 Å². The highest BCUT2D eigenvalue weighted by Gasteiger charge is 2.01. The minimum Gasteiger partial charge on any atom is -0.457 e. The van der Waals surface area contributed by atoms with Crippen LogP contribution in [0.2, 0.25) is 10.0 Å². The fourth-order valence-corrected chi connectivity index (χ4v) is 1.71. The molecule has 0 radical (unpaired) electrons. The molecule has 0 amide bonds. The summed E-state index contributed by atoms with van der Waals surface area (Å²) in [5, 5.41) is 3.25. The molecule has 2 aromatic rings. The van der Waals surface area contributed by atoms with Crippen molar-refractivity contribution in [1.29, 1.82) is 0 Å². The second-order valence-electron chi connectivity index (χ2n) is 3.37.